The molecule has 0 bridgehead atoms. The molecule has 150 valence electrons. The Bertz CT molecular complexity index is 975. The van der Waals surface area contributed by atoms with E-state index in [1.54, 1.807) is 11.3 Å². The predicted octanol–water partition coefficient (Wildman–Crippen LogP) is 5.73. The fraction of sp³-hybridized carbons (Fsp3) is 0.261. The third-order valence-corrected chi connectivity index (χ3v) is 6.87. The Morgan fingerprint density at radius 3 is 2.72 bits per heavy atom. The second-order valence-corrected chi connectivity index (χ2v) is 9.62. The van der Waals surface area contributed by atoms with E-state index in [2.05, 4.69) is 33.0 Å². The molecule has 2 aromatic carbocycles. The Kier molecular flexibility index (Phi) is 6.33. The number of carboxylic acid groups (broad SMARTS) is 1. The van der Waals surface area contributed by atoms with Crippen LogP contribution in [0.25, 0.3) is 0 Å². The topological polar surface area (TPSA) is 49.8 Å². The number of benzene rings is 2. The molecule has 0 spiro atoms. The van der Waals surface area contributed by atoms with Gasteiger partial charge >= 0.3 is 5.97 Å². The molecular formula is C23H22BrNO3S. The van der Waals surface area contributed by atoms with Crippen LogP contribution >= 0.6 is 27.3 Å². The number of halogens is 1. The first-order valence-electron chi connectivity index (χ1n) is 9.62. The average molecular weight is 472 g/mol. The summed E-state index contributed by atoms with van der Waals surface area (Å²) < 4.78 is 7.06. The first kappa shape index (κ1) is 20.1. The van der Waals surface area contributed by atoms with Gasteiger partial charge in [-0.1, -0.05) is 42.5 Å². The molecule has 0 amide bonds. The van der Waals surface area contributed by atoms with Crippen molar-refractivity contribution < 1.29 is 14.6 Å². The lowest BCUT2D eigenvalue weighted by molar-refractivity contribution is -0.142. The lowest BCUT2D eigenvalue weighted by atomic mass is 10.0. The summed E-state index contributed by atoms with van der Waals surface area (Å²) in [7, 11) is 0. The fourth-order valence-electron chi connectivity index (χ4n) is 3.87. The van der Waals surface area contributed by atoms with Crippen molar-refractivity contribution in [1.29, 1.82) is 0 Å². The molecule has 0 radical (unpaired) electrons. The van der Waals surface area contributed by atoms with Crippen LogP contribution in [0.1, 0.15) is 34.9 Å². The van der Waals surface area contributed by atoms with Gasteiger partial charge in [0, 0.05) is 11.4 Å². The molecule has 1 N–H and O–H groups in total. The summed E-state index contributed by atoms with van der Waals surface area (Å²) in [6.45, 7) is 1.27. The smallest absolute Gasteiger partial charge is 0.320 e. The molecule has 0 saturated carbocycles. The third kappa shape index (κ3) is 4.71. The maximum absolute atomic E-state index is 11.8. The molecule has 1 saturated heterocycles. The Hall–Kier alpha value is -2.15. The number of nitrogens with zero attached hydrogens (tertiary/aromatic N) is 1. The van der Waals surface area contributed by atoms with E-state index in [0.717, 1.165) is 38.5 Å². The molecule has 2 unspecified atom stereocenters. The second kappa shape index (κ2) is 9.11. The number of ether oxygens (including phenoxy) is 1. The Morgan fingerprint density at radius 1 is 1.17 bits per heavy atom. The minimum atomic E-state index is -0.750. The molecule has 4 rings (SSSR count). The highest BCUT2D eigenvalue weighted by Gasteiger charge is 2.37. The van der Waals surface area contributed by atoms with Gasteiger partial charge in [0.2, 0.25) is 0 Å². The van der Waals surface area contributed by atoms with Crippen LogP contribution in [0.5, 0.6) is 5.75 Å². The monoisotopic (exact) mass is 471 g/mol. The van der Waals surface area contributed by atoms with Gasteiger partial charge in [-0.05, 0) is 64.2 Å². The van der Waals surface area contributed by atoms with Crippen molar-refractivity contribution in [2.45, 2.75) is 31.5 Å². The summed E-state index contributed by atoms with van der Waals surface area (Å²) >= 11 is 5.20. The Morgan fingerprint density at radius 2 is 2.00 bits per heavy atom. The quantitative estimate of drug-likeness (QED) is 0.477. The van der Waals surface area contributed by atoms with Crippen molar-refractivity contribution in [3.05, 3.63) is 86.5 Å². The molecule has 1 fully saturated rings. The van der Waals surface area contributed by atoms with Gasteiger partial charge in [0.15, 0.2) is 0 Å². The molecule has 6 heteroatoms. The number of hydrogen-bond acceptors (Lipinski definition) is 4. The van der Waals surface area contributed by atoms with Crippen molar-refractivity contribution in [3.8, 4) is 5.75 Å². The molecule has 1 aliphatic heterocycles. The zero-order chi connectivity index (χ0) is 20.2. The summed E-state index contributed by atoms with van der Waals surface area (Å²) in [4.78, 5) is 15.1. The number of aliphatic carboxylic acids is 1. The van der Waals surface area contributed by atoms with Gasteiger partial charge in [0.05, 0.1) is 9.83 Å². The summed E-state index contributed by atoms with van der Waals surface area (Å²) in [5, 5.41) is 9.72. The van der Waals surface area contributed by atoms with E-state index >= 15 is 0 Å². The zero-order valence-electron chi connectivity index (χ0n) is 15.8. The van der Waals surface area contributed by atoms with E-state index in [9.17, 15) is 9.90 Å². The van der Waals surface area contributed by atoms with Crippen molar-refractivity contribution in [2.75, 3.05) is 6.54 Å². The first-order chi connectivity index (χ1) is 14.1. The van der Waals surface area contributed by atoms with E-state index in [4.69, 9.17) is 4.74 Å². The average Bonchev–Trinajstić information content (AvgIpc) is 3.38. The highest BCUT2D eigenvalue weighted by molar-refractivity contribution is 9.11. The summed E-state index contributed by atoms with van der Waals surface area (Å²) in [5.41, 5.74) is 2.17. The highest BCUT2D eigenvalue weighted by atomic mass is 79.9. The number of thiophene rings is 1. The van der Waals surface area contributed by atoms with Crippen LogP contribution in [0.15, 0.2) is 70.5 Å². The molecule has 0 aliphatic carbocycles. The van der Waals surface area contributed by atoms with Crippen LogP contribution in [0, 0.1) is 0 Å². The van der Waals surface area contributed by atoms with Gasteiger partial charge in [-0.2, -0.15) is 0 Å². The summed E-state index contributed by atoms with van der Waals surface area (Å²) in [6.07, 6.45) is 1.58. The molecule has 1 aromatic heterocycles. The fourth-order valence-corrected chi connectivity index (χ4v) is 5.45. The molecule has 4 nitrogen and oxygen atoms in total. The van der Waals surface area contributed by atoms with E-state index in [0.29, 0.717) is 13.0 Å². The van der Waals surface area contributed by atoms with Crippen molar-refractivity contribution >= 4 is 33.2 Å². The van der Waals surface area contributed by atoms with Gasteiger partial charge in [-0.3, -0.25) is 9.69 Å². The standard InChI is InChI=1S/C23H22BrNO3S/c24-21-12-11-20(29-21)22(25-13-5-10-19(25)23(26)27)17-8-4-9-18(14-17)28-15-16-6-2-1-3-7-16/h1-4,6-9,11-12,14,19,22H,5,10,13,15H2,(H,26,27). The van der Waals surface area contributed by atoms with Gasteiger partial charge in [-0.25, -0.2) is 0 Å². The minimum Gasteiger partial charge on any atom is -0.489 e. The first-order valence-corrected chi connectivity index (χ1v) is 11.2. The summed E-state index contributed by atoms with van der Waals surface area (Å²) in [6, 6.07) is 21.6. The number of rotatable bonds is 7. The molecule has 2 atom stereocenters. The SMILES string of the molecule is O=C(O)C1CCCN1C(c1cccc(OCc2ccccc2)c1)c1ccc(Br)s1. The van der Waals surface area contributed by atoms with Gasteiger partial charge < -0.3 is 9.84 Å². The van der Waals surface area contributed by atoms with Crippen LogP contribution in [0.4, 0.5) is 0 Å². The zero-order valence-corrected chi connectivity index (χ0v) is 18.2. The Labute approximate surface area is 182 Å². The normalized spacial score (nSPS) is 17.9. The van der Waals surface area contributed by atoms with E-state index in [-0.39, 0.29) is 6.04 Å². The minimum absolute atomic E-state index is 0.102. The number of carbonyl (C=O) groups is 1. The van der Waals surface area contributed by atoms with E-state index in [1.165, 1.54) is 0 Å². The van der Waals surface area contributed by atoms with Gasteiger partial charge in [-0.15, -0.1) is 11.3 Å². The van der Waals surface area contributed by atoms with Crippen LogP contribution in [0.3, 0.4) is 0 Å². The lowest BCUT2D eigenvalue weighted by Crippen LogP contribution is -2.39. The maximum Gasteiger partial charge on any atom is 0.320 e. The second-order valence-electron chi connectivity index (χ2n) is 7.13. The number of carboxylic acids is 1. The molecule has 29 heavy (non-hydrogen) atoms. The van der Waals surface area contributed by atoms with Crippen molar-refractivity contribution in [1.82, 2.24) is 4.90 Å². The summed E-state index contributed by atoms with van der Waals surface area (Å²) in [5.74, 6) is 0.0395. The molecular weight excluding hydrogens is 450 g/mol. The van der Waals surface area contributed by atoms with Gasteiger partial charge in [0.25, 0.3) is 0 Å². The number of hydrogen-bond donors (Lipinski definition) is 1. The van der Waals surface area contributed by atoms with Crippen LogP contribution < -0.4 is 4.74 Å². The van der Waals surface area contributed by atoms with Crippen molar-refractivity contribution in [2.24, 2.45) is 0 Å². The van der Waals surface area contributed by atoms with E-state index in [1.807, 2.05) is 54.6 Å². The van der Waals surface area contributed by atoms with Crippen LogP contribution in [-0.2, 0) is 11.4 Å². The largest absolute Gasteiger partial charge is 0.489 e. The maximum atomic E-state index is 11.8. The van der Waals surface area contributed by atoms with Crippen LogP contribution in [0.2, 0.25) is 0 Å². The van der Waals surface area contributed by atoms with Crippen molar-refractivity contribution in [3.63, 3.8) is 0 Å². The number of likely N-dealkylation sites (tertiary alicyclic amines) is 1. The Balaban J connectivity index is 1.63. The molecule has 2 heterocycles. The van der Waals surface area contributed by atoms with Gasteiger partial charge in [0.1, 0.15) is 18.4 Å². The van der Waals surface area contributed by atoms with E-state index < -0.39 is 12.0 Å². The molecule has 3 aromatic rings. The highest BCUT2D eigenvalue weighted by Crippen LogP contribution is 2.40. The predicted molar refractivity (Wildman–Crippen MR) is 118 cm³/mol. The molecule has 1 aliphatic rings. The lowest BCUT2D eigenvalue weighted by Gasteiger charge is -2.31. The third-order valence-electron chi connectivity index (χ3n) is 5.20. The van der Waals surface area contributed by atoms with Crippen LogP contribution in [-0.4, -0.2) is 28.6 Å².